The Kier molecular flexibility index (Phi) is 32.4. The van der Waals surface area contributed by atoms with Crippen molar-refractivity contribution in [2.75, 3.05) is 48.8 Å². The fraction of sp³-hybridized carbons (Fsp3) is 0.803. The normalized spacial score (nSPS) is 27.9. The molecule has 1 saturated heterocycles. The van der Waals surface area contributed by atoms with E-state index in [-0.39, 0.29) is 80.3 Å². The van der Waals surface area contributed by atoms with Gasteiger partial charge >= 0.3 is 0 Å². The third-order valence-corrected chi connectivity index (χ3v) is 17.6. The number of carbonyl (C=O) groups excluding carboxylic acids is 11. The molecule has 2 N–H and O–H groups in total. The first-order chi connectivity index (χ1) is 39.7. The molecule has 0 radical (unpaired) electrons. The van der Waals surface area contributed by atoms with E-state index in [0.29, 0.717) is 6.42 Å². The van der Waals surface area contributed by atoms with Gasteiger partial charge in [-0.2, -0.15) is 0 Å². The van der Waals surface area contributed by atoms with E-state index in [1.54, 1.807) is 62.3 Å². The number of allylic oxidation sites excluding steroid dienone is 2. The lowest BCUT2D eigenvalue weighted by Gasteiger charge is -2.41. The predicted octanol–water partition coefficient (Wildman–Crippen LogP) is 6.93. The molecule has 1 fully saturated rings. The second kappa shape index (κ2) is 35.5. The quantitative estimate of drug-likeness (QED) is 0.159. The Morgan fingerprint density at radius 3 is 1.37 bits per heavy atom. The van der Waals surface area contributed by atoms with Crippen LogP contribution >= 0.6 is 0 Å². The maximum absolute atomic E-state index is 15.2. The Hall–Kier alpha value is -5.53. The maximum Gasteiger partial charge on any atom is 0.246 e. The number of hydrogen-bond donors (Lipinski definition) is 2. The highest BCUT2D eigenvalue weighted by Crippen LogP contribution is 2.30. The van der Waals surface area contributed by atoms with E-state index in [0.717, 1.165) is 4.90 Å². The molecule has 0 aliphatic carbocycles. The van der Waals surface area contributed by atoms with E-state index in [1.807, 2.05) is 74.5 Å². The largest absolute Gasteiger partial charge is 0.390 e. The van der Waals surface area contributed by atoms with Crippen molar-refractivity contribution in [3.63, 3.8) is 0 Å². The van der Waals surface area contributed by atoms with Gasteiger partial charge in [0.15, 0.2) is 17.3 Å². The monoisotopic (exact) mass is 1210 g/mol. The number of ketones is 3. The van der Waals surface area contributed by atoms with E-state index in [4.69, 9.17) is 0 Å². The number of rotatable bonds is 15. The van der Waals surface area contributed by atoms with Gasteiger partial charge in [0.05, 0.1) is 18.2 Å². The lowest BCUT2D eigenvalue weighted by Crippen LogP contribution is -2.61. The molecule has 1 heterocycles. The molecular weight excluding hydrogens is 1100 g/mol. The lowest BCUT2D eigenvalue weighted by atomic mass is 9.84. The van der Waals surface area contributed by atoms with Gasteiger partial charge in [-0.1, -0.05) is 116 Å². The molecule has 492 valence electrons. The fourth-order valence-electron chi connectivity index (χ4n) is 12.0. The van der Waals surface area contributed by atoms with Crippen molar-refractivity contribution in [1.82, 2.24) is 39.6 Å². The van der Waals surface area contributed by atoms with Crippen LogP contribution in [-0.2, 0) is 52.7 Å². The molecule has 1 aliphatic rings. The van der Waals surface area contributed by atoms with E-state index in [2.05, 4.69) is 5.32 Å². The molecule has 0 unspecified atom stereocenters. The van der Waals surface area contributed by atoms with Gasteiger partial charge in [0.25, 0.3) is 0 Å². The van der Waals surface area contributed by atoms with Gasteiger partial charge in [-0.15, -0.1) is 0 Å². The summed E-state index contributed by atoms with van der Waals surface area (Å²) in [4.78, 5) is 171. The highest BCUT2D eigenvalue weighted by atomic mass is 16.3. The molecule has 0 aromatic carbocycles. The van der Waals surface area contributed by atoms with Crippen molar-refractivity contribution in [2.24, 2.45) is 59.2 Å². The molecule has 20 heteroatoms. The van der Waals surface area contributed by atoms with Crippen molar-refractivity contribution < 1.29 is 57.8 Å². The zero-order chi connectivity index (χ0) is 66.8. The number of Topliss-reactive ketones (excluding diaryl/α,β-unsaturated/α-hetero) is 3. The Bertz CT molecular complexity index is 2350. The van der Waals surface area contributed by atoms with E-state index < -0.39 is 149 Å². The van der Waals surface area contributed by atoms with Gasteiger partial charge in [-0.25, -0.2) is 0 Å². The minimum absolute atomic E-state index is 0.0682. The Morgan fingerprint density at radius 2 is 0.930 bits per heavy atom. The highest BCUT2D eigenvalue weighted by Gasteiger charge is 2.46. The molecule has 0 saturated carbocycles. The molecule has 13 atom stereocenters. The first-order valence-electron chi connectivity index (χ1n) is 31.8. The third-order valence-electron chi connectivity index (χ3n) is 17.6. The summed E-state index contributed by atoms with van der Waals surface area (Å²) in [6, 6.07) is -9.27. The lowest BCUT2D eigenvalue weighted by molar-refractivity contribution is -0.157. The number of hydrogen-bond acceptors (Lipinski definition) is 12. The Morgan fingerprint density at radius 1 is 0.488 bits per heavy atom. The first kappa shape index (κ1) is 78.5. The topological polar surface area (TPSA) is 243 Å². The van der Waals surface area contributed by atoms with Crippen molar-refractivity contribution in [3.05, 3.63) is 12.2 Å². The minimum atomic E-state index is -1.50. The van der Waals surface area contributed by atoms with Crippen molar-refractivity contribution in [3.8, 4) is 0 Å². The van der Waals surface area contributed by atoms with Crippen LogP contribution in [0.3, 0.4) is 0 Å². The van der Waals surface area contributed by atoms with Gasteiger partial charge in [0, 0.05) is 85.8 Å². The van der Waals surface area contributed by atoms with Crippen LogP contribution in [0.5, 0.6) is 0 Å². The van der Waals surface area contributed by atoms with E-state index >= 15 is 14.4 Å². The molecule has 1 rings (SSSR count). The van der Waals surface area contributed by atoms with E-state index in [1.165, 1.54) is 78.6 Å². The van der Waals surface area contributed by atoms with Crippen LogP contribution in [0, 0.1) is 59.2 Å². The Balaban J connectivity index is 4.39. The molecule has 0 bridgehead atoms. The van der Waals surface area contributed by atoms with Crippen LogP contribution < -0.4 is 5.32 Å². The summed E-state index contributed by atoms with van der Waals surface area (Å²) in [6.07, 6.45) is 2.31. The second-order valence-corrected chi connectivity index (χ2v) is 27.1. The fourth-order valence-corrected chi connectivity index (χ4v) is 12.0. The number of carbonyl (C=O) groups is 11. The molecule has 0 spiro atoms. The van der Waals surface area contributed by atoms with Crippen molar-refractivity contribution in [2.45, 2.75) is 237 Å². The summed E-state index contributed by atoms with van der Waals surface area (Å²) in [7, 11) is 8.79. The highest BCUT2D eigenvalue weighted by molar-refractivity contribution is 6.00. The third kappa shape index (κ3) is 20.8. The number of aliphatic hydroxyl groups excluding tert-OH is 1. The molecule has 8 amide bonds. The van der Waals surface area contributed by atoms with E-state index in [9.17, 15) is 43.5 Å². The van der Waals surface area contributed by atoms with Gasteiger partial charge < -0.3 is 44.7 Å². The number of nitrogens with one attached hydrogen (secondary N) is 1. The molecule has 0 aromatic rings. The minimum Gasteiger partial charge on any atom is -0.390 e. The van der Waals surface area contributed by atoms with Crippen LogP contribution in [-0.4, -0.2) is 207 Å². The summed E-state index contributed by atoms with van der Waals surface area (Å²) < 4.78 is 0. The van der Waals surface area contributed by atoms with Gasteiger partial charge in [-0.05, 0) is 101 Å². The van der Waals surface area contributed by atoms with Crippen LogP contribution in [0.1, 0.15) is 183 Å². The summed E-state index contributed by atoms with van der Waals surface area (Å²) >= 11 is 0. The first-order valence-corrected chi connectivity index (χ1v) is 31.8. The number of aliphatic hydroxyl groups is 1. The summed E-state index contributed by atoms with van der Waals surface area (Å²) in [6.45, 7) is 33.8. The average molecular weight is 1210 g/mol. The zero-order valence-electron chi connectivity index (χ0n) is 57.6. The second-order valence-electron chi connectivity index (χ2n) is 27.1. The zero-order valence-corrected chi connectivity index (χ0v) is 57.6. The average Bonchev–Trinajstić information content (AvgIpc) is 1.38. The SMILES string of the molecule is C/C=C/C[C@@H](C)[C@@H](O)[C@H]1C(=O)C[C@@H](CC)C(=O)N(C)[C@H](C)C(=O)N(CC)[C@@H](C(C)C)C(=O)C[C@@H](C(C)C)C(=O)N(C)[C@@H](CC(C)C)C(=O)C[C@@H](C)C(=O)N[C@H](C)C(=O)N(C)[C@@H](CC(C)C)C(=O)N(C)[C@@H](CC(C)C)C(=O)N(C)[C@@H](C(C)C)C(=O)N1C. The van der Waals surface area contributed by atoms with Gasteiger partial charge in [-0.3, -0.25) is 52.7 Å². The van der Waals surface area contributed by atoms with Crippen LogP contribution in [0.2, 0.25) is 0 Å². The van der Waals surface area contributed by atoms with Crippen LogP contribution in [0.15, 0.2) is 12.2 Å². The summed E-state index contributed by atoms with van der Waals surface area (Å²) in [5.41, 5.74) is 0. The van der Waals surface area contributed by atoms with Crippen LogP contribution in [0.4, 0.5) is 0 Å². The molecule has 20 nitrogen and oxygen atoms in total. The summed E-state index contributed by atoms with van der Waals surface area (Å²) in [5, 5.41) is 14.9. The number of likely N-dealkylation sites (N-methyl/N-ethyl adjacent to an activating group) is 7. The van der Waals surface area contributed by atoms with Crippen LogP contribution in [0.25, 0.3) is 0 Å². The number of nitrogens with zero attached hydrogens (tertiary/aromatic N) is 7. The summed E-state index contributed by atoms with van der Waals surface area (Å²) in [5.74, 6) is -11.1. The standard InChI is InChI=1S/C66H116N8O12/c1-26-29-30-43(16)58(78)57-53(76)35-47(27-2)62(82)68(20)46(19)61(81)74(28-3)55(41(12)13)54(77)36-48(40(10)11)63(83)69(21)49(31-37(4)5)52(75)34-44(17)59(79)67-45(18)60(80)70(22)50(32-38(6)7)64(84)71(23)51(33-39(8)9)65(85)72(24)56(42(14)15)66(86)73(57)25/h26,29,37-51,55-58,78H,27-28,30-36H2,1-25H3,(H,67,79)/b29-26+/t43-,44-,45-,46-,47-,48+,49+,50+,51+,55+,56+,57-,58-/m1/s1. The number of amides is 8. The van der Waals surface area contributed by atoms with Gasteiger partial charge in [0.1, 0.15) is 36.3 Å². The molecule has 1 aliphatic heterocycles. The maximum atomic E-state index is 15.2. The Labute approximate surface area is 517 Å². The van der Waals surface area contributed by atoms with Crippen molar-refractivity contribution in [1.29, 1.82) is 0 Å². The van der Waals surface area contributed by atoms with Crippen molar-refractivity contribution >= 4 is 64.6 Å². The predicted molar refractivity (Wildman–Crippen MR) is 337 cm³/mol. The smallest absolute Gasteiger partial charge is 0.246 e. The molecule has 86 heavy (non-hydrogen) atoms. The van der Waals surface area contributed by atoms with Gasteiger partial charge in [0.2, 0.25) is 47.3 Å². The molecular formula is C66H116N8O12. The molecule has 0 aromatic heterocycles.